The molecule has 0 saturated carbocycles. The summed E-state index contributed by atoms with van der Waals surface area (Å²) in [6, 6.07) is 12.8. The summed E-state index contributed by atoms with van der Waals surface area (Å²) in [6.45, 7) is 6.47. The second-order valence-electron chi connectivity index (χ2n) is 5.82. The third kappa shape index (κ3) is 2.65. The molecule has 2 heterocycles. The normalized spacial score (nSPS) is 12.1. The van der Waals surface area contributed by atoms with Gasteiger partial charge in [-0.1, -0.05) is 38.1 Å². The number of rotatable bonds is 5. The highest BCUT2D eigenvalue weighted by atomic mass is 32.1. The fraction of sp³-hybridized carbons (Fsp3) is 0.294. The van der Waals surface area contributed by atoms with Crippen LogP contribution >= 0.6 is 11.3 Å². The minimum Gasteiger partial charge on any atom is -0.361 e. The van der Waals surface area contributed by atoms with Crippen LogP contribution in [0.4, 0.5) is 0 Å². The zero-order valence-electron chi connectivity index (χ0n) is 11.9. The smallest absolute Gasteiger partial charge is 0.0457 e. The van der Waals surface area contributed by atoms with Gasteiger partial charge in [-0.3, -0.25) is 0 Å². The second kappa shape index (κ2) is 5.43. The lowest BCUT2D eigenvalue weighted by Crippen LogP contribution is -2.31. The summed E-state index contributed by atoms with van der Waals surface area (Å²) in [7, 11) is 0. The number of fused-ring (bicyclic) bond motifs is 1. The summed E-state index contributed by atoms with van der Waals surface area (Å²) in [5.74, 6) is 0. The number of thiophene rings is 1. The first-order chi connectivity index (χ1) is 9.67. The molecule has 20 heavy (non-hydrogen) atoms. The van der Waals surface area contributed by atoms with Gasteiger partial charge in [0.2, 0.25) is 0 Å². The number of H-pyrrole nitrogens is 1. The van der Waals surface area contributed by atoms with Crippen LogP contribution in [0.3, 0.4) is 0 Å². The molecule has 0 atom stereocenters. The second-order valence-corrected chi connectivity index (χ2v) is 6.77. The van der Waals surface area contributed by atoms with Gasteiger partial charge in [-0.05, 0) is 23.1 Å². The zero-order chi connectivity index (χ0) is 14.0. The highest BCUT2D eigenvalue weighted by molar-refractivity contribution is 7.10. The molecule has 3 rings (SSSR count). The van der Waals surface area contributed by atoms with Crippen molar-refractivity contribution in [2.45, 2.75) is 25.8 Å². The monoisotopic (exact) mass is 284 g/mol. The highest BCUT2D eigenvalue weighted by Crippen LogP contribution is 2.27. The molecule has 0 aliphatic carbocycles. The van der Waals surface area contributed by atoms with Gasteiger partial charge >= 0.3 is 0 Å². The van der Waals surface area contributed by atoms with Crippen LogP contribution in [0.2, 0.25) is 0 Å². The average molecular weight is 284 g/mol. The van der Waals surface area contributed by atoms with E-state index in [-0.39, 0.29) is 5.41 Å². The third-order valence-electron chi connectivity index (χ3n) is 3.75. The van der Waals surface area contributed by atoms with Gasteiger partial charge < -0.3 is 10.3 Å². The molecule has 0 bridgehead atoms. The van der Waals surface area contributed by atoms with E-state index in [0.717, 1.165) is 13.1 Å². The Morgan fingerprint density at radius 2 is 2.00 bits per heavy atom. The minimum atomic E-state index is 0.181. The zero-order valence-corrected chi connectivity index (χ0v) is 12.8. The SMILES string of the molecule is CC(C)(CNCc1c[nH]c2ccccc12)c1cccs1. The topological polar surface area (TPSA) is 27.8 Å². The molecular weight excluding hydrogens is 264 g/mol. The molecule has 1 aromatic carbocycles. The number of benzene rings is 1. The van der Waals surface area contributed by atoms with E-state index in [1.165, 1.54) is 21.3 Å². The first kappa shape index (κ1) is 13.4. The number of para-hydroxylation sites is 1. The molecule has 0 aliphatic heterocycles. The van der Waals surface area contributed by atoms with Crippen molar-refractivity contribution in [3.63, 3.8) is 0 Å². The van der Waals surface area contributed by atoms with E-state index in [9.17, 15) is 0 Å². The quantitative estimate of drug-likeness (QED) is 0.718. The molecule has 2 nitrogen and oxygen atoms in total. The van der Waals surface area contributed by atoms with Gasteiger partial charge in [0, 0.05) is 40.5 Å². The van der Waals surface area contributed by atoms with Crippen LogP contribution in [0.15, 0.2) is 48.0 Å². The van der Waals surface area contributed by atoms with Gasteiger partial charge in [-0.25, -0.2) is 0 Å². The fourth-order valence-electron chi connectivity index (χ4n) is 2.54. The van der Waals surface area contributed by atoms with Crippen LogP contribution in [-0.4, -0.2) is 11.5 Å². The summed E-state index contributed by atoms with van der Waals surface area (Å²) >= 11 is 1.83. The third-order valence-corrected chi connectivity index (χ3v) is 4.98. The van der Waals surface area contributed by atoms with E-state index in [0.29, 0.717) is 0 Å². The standard InChI is InChI=1S/C17H20N2S/c1-17(2,16-8-5-9-20-16)12-18-10-13-11-19-15-7-4-3-6-14(13)15/h3-9,11,18-19H,10,12H2,1-2H3. The maximum atomic E-state index is 3.60. The lowest BCUT2D eigenvalue weighted by molar-refractivity contribution is 0.477. The number of hydrogen-bond donors (Lipinski definition) is 2. The van der Waals surface area contributed by atoms with Crippen LogP contribution < -0.4 is 5.32 Å². The maximum absolute atomic E-state index is 3.60. The van der Waals surface area contributed by atoms with Crippen molar-refractivity contribution in [2.24, 2.45) is 0 Å². The fourth-order valence-corrected chi connectivity index (χ4v) is 3.39. The molecule has 0 amide bonds. The van der Waals surface area contributed by atoms with Crippen molar-refractivity contribution in [1.29, 1.82) is 0 Å². The number of aromatic nitrogens is 1. The Balaban J connectivity index is 1.66. The van der Waals surface area contributed by atoms with Crippen molar-refractivity contribution >= 4 is 22.2 Å². The van der Waals surface area contributed by atoms with Crippen LogP contribution in [0.1, 0.15) is 24.3 Å². The molecule has 3 aromatic rings. The molecule has 2 N–H and O–H groups in total. The largest absolute Gasteiger partial charge is 0.361 e. The molecule has 2 aromatic heterocycles. The Bertz CT molecular complexity index is 680. The Morgan fingerprint density at radius 1 is 1.15 bits per heavy atom. The van der Waals surface area contributed by atoms with Gasteiger partial charge in [0.25, 0.3) is 0 Å². The molecule has 0 unspecified atom stereocenters. The molecule has 3 heteroatoms. The van der Waals surface area contributed by atoms with Crippen molar-refractivity contribution in [2.75, 3.05) is 6.54 Å². The Hall–Kier alpha value is -1.58. The Labute approximate surface area is 123 Å². The number of hydrogen-bond acceptors (Lipinski definition) is 2. The molecule has 0 fully saturated rings. The maximum Gasteiger partial charge on any atom is 0.0457 e. The molecule has 0 radical (unpaired) electrons. The van der Waals surface area contributed by atoms with Crippen molar-refractivity contribution in [3.8, 4) is 0 Å². The summed E-state index contributed by atoms with van der Waals surface area (Å²) < 4.78 is 0. The van der Waals surface area contributed by atoms with Gasteiger partial charge in [0.1, 0.15) is 0 Å². The first-order valence-electron chi connectivity index (χ1n) is 6.96. The summed E-state index contributed by atoms with van der Waals surface area (Å²) in [6.07, 6.45) is 2.11. The number of nitrogens with one attached hydrogen (secondary N) is 2. The van der Waals surface area contributed by atoms with Gasteiger partial charge in [-0.15, -0.1) is 11.3 Å². The predicted molar refractivity (Wildman–Crippen MR) is 87.4 cm³/mol. The lowest BCUT2D eigenvalue weighted by Gasteiger charge is -2.23. The van der Waals surface area contributed by atoms with Crippen molar-refractivity contribution in [3.05, 3.63) is 58.4 Å². The van der Waals surface area contributed by atoms with E-state index in [2.05, 4.69) is 72.1 Å². The Kier molecular flexibility index (Phi) is 3.64. The van der Waals surface area contributed by atoms with E-state index < -0.39 is 0 Å². The van der Waals surface area contributed by atoms with Crippen LogP contribution in [0.5, 0.6) is 0 Å². The van der Waals surface area contributed by atoms with Crippen LogP contribution in [-0.2, 0) is 12.0 Å². The molecule has 0 saturated heterocycles. The van der Waals surface area contributed by atoms with Crippen LogP contribution in [0.25, 0.3) is 10.9 Å². The summed E-state index contributed by atoms with van der Waals surface area (Å²) in [5.41, 5.74) is 2.73. The van der Waals surface area contributed by atoms with E-state index in [1.54, 1.807) is 0 Å². The highest BCUT2D eigenvalue weighted by Gasteiger charge is 2.21. The number of aromatic amines is 1. The van der Waals surface area contributed by atoms with Crippen molar-refractivity contribution < 1.29 is 0 Å². The van der Waals surface area contributed by atoms with E-state index in [1.807, 2.05) is 11.3 Å². The average Bonchev–Trinajstić information content (AvgIpc) is 3.08. The molecular formula is C17H20N2S. The molecule has 0 spiro atoms. The molecule has 0 aliphatic rings. The van der Waals surface area contributed by atoms with Crippen molar-refractivity contribution in [1.82, 2.24) is 10.3 Å². The first-order valence-corrected chi connectivity index (χ1v) is 7.84. The van der Waals surface area contributed by atoms with Gasteiger partial charge in [0.05, 0.1) is 0 Å². The Morgan fingerprint density at radius 3 is 2.80 bits per heavy atom. The minimum absolute atomic E-state index is 0.181. The lowest BCUT2D eigenvalue weighted by atomic mass is 9.91. The van der Waals surface area contributed by atoms with E-state index >= 15 is 0 Å². The summed E-state index contributed by atoms with van der Waals surface area (Å²) in [4.78, 5) is 4.76. The van der Waals surface area contributed by atoms with Gasteiger partial charge in [-0.2, -0.15) is 0 Å². The van der Waals surface area contributed by atoms with Crippen LogP contribution in [0, 0.1) is 0 Å². The van der Waals surface area contributed by atoms with E-state index in [4.69, 9.17) is 0 Å². The summed E-state index contributed by atoms with van der Waals surface area (Å²) in [5, 5.41) is 7.06. The molecule has 104 valence electrons. The van der Waals surface area contributed by atoms with Gasteiger partial charge in [0.15, 0.2) is 0 Å². The predicted octanol–water partition coefficient (Wildman–Crippen LogP) is 4.30.